The standard InChI is InChI=1S/C23H40N6O3/c1-6-19(30)16(14(2)24)12-27-21(31)18-8-7-11-28(18)22(32)20(23(3,4)5)29(26)13-17(25)15-9-10-15/h13,15,18,20,24,30H,6-12,25-26H2,1-5H3,(H,27,31)/b17-13-,19-16-,24-14?/t18-,20+/m0/s1. The van der Waals surface area contributed by atoms with Gasteiger partial charge in [0, 0.05) is 48.6 Å². The third-order valence-corrected chi connectivity index (χ3v) is 6.11. The predicted octanol–water partition coefficient (Wildman–Crippen LogP) is 2.16. The second-order valence-electron chi connectivity index (χ2n) is 9.93. The third kappa shape index (κ3) is 6.25. The number of aliphatic hydroxyl groups is 1. The fraction of sp³-hybridized carbons (Fsp3) is 0.696. The lowest BCUT2D eigenvalue weighted by Crippen LogP contribution is -2.58. The SMILES string of the molecule is CC/C(O)=C(\CNC(=O)[C@@H]1CCCN1C(=O)[C@@H](N(N)/C=C(\N)C1CC1)C(C)(C)C)C(C)=N. The predicted molar refractivity (Wildman–Crippen MR) is 125 cm³/mol. The van der Waals surface area contributed by atoms with E-state index in [0.29, 0.717) is 36.6 Å². The van der Waals surface area contributed by atoms with Crippen LogP contribution >= 0.6 is 0 Å². The number of nitrogens with two attached hydrogens (primary N) is 2. The average Bonchev–Trinajstić information content (AvgIpc) is 3.42. The van der Waals surface area contributed by atoms with E-state index in [2.05, 4.69) is 5.32 Å². The van der Waals surface area contributed by atoms with Gasteiger partial charge in [0.15, 0.2) is 0 Å². The second-order valence-corrected chi connectivity index (χ2v) is 9.93. The Bertz CT molecular complexity index is 794. The fourth-order valence-corrected chi connectivity index (χ4v) is 4.13. The van der Waals surface area contributed by atoms with Gasteiger partial charge in [-0.15, -0.1) is 0 Å². The maximum absolute atomic E-state index is 13.6. The van der Waals surface area contributed by atoms with Crippen LogP contribution in [-0.2, 0) is 9.59 Å². The van der Waals surface area contributed by atoms with Gasteiger partial charge in [0.25, 0.3) is 0 Å². The highest BCUT2D eigenvalue weighted by molar-refractivity contribution is 5.97. The van der Waals surface area contributed by atoms with Gasteiger partial charge in [-0.3, -0.25) is 9.59 Å². The van der Waals surface area contributed by atoms with Crippen LogP contribution in [-0.4, -0.2) is 57.7 Å². The summed E-state index contributed by atoms with van der Waals surface area (Å²) in [4.78, 5) is 28.2. The molecule has 0 spiro atoms. The zero-order valence-electron chi connectivity index (χ0n) is 20.1. The van der Waals surface area contributed by atoms with Crippen LogP contribution in [0.4, 0.5) is 0 Å². The van der Waals surface area contributed by atoms with Crippen LogP contribution in [0, 0.1) is 16.7 Å². The molecule has 1 saturated carbocycles. The van der Waals surface area contributed by atoms with Crippen molar-refractivity contribution >= 4 is 17.5 Å². The van der Waals surface area contributed by atoms with Crippen molar-refractivity contribution in [3.8, 4) is 0 Å². The zero-order chi connectivity index (χ0) is 24.2. The Morgan fingerprint density at radius 1 is 1.31 bits per heavy atom. The topological polar surface area (TPSA) is 149 Å². The zero-order valence-corrected chi connectivity index (χ0v) is 20.1. The van der Waals surface area contributed by atoms with Crippen molar-refractivity contribution in [2.24, 2.45) is 22.9 Å². The number of hydrazine groups is 1. The minimum Gasteiger partial charge on any atom is -0.512 e. The smallest absolute Gasteiger partial charge is 0.248 e. The van der Waals surface area contributed by atoms with E-state index in [0.717, 1.165) is 19.3 Å². The molecular weight excluding hydrogens is 408 g/mol. The Morgan fingerprint density at radius 2 is 1.94 bits per heavy atom. The average molecular weight is 449 g/mol. The highest BCUT2D eigenvalue weighted by Crippen LogP contribution is 2.35. The van der Waals surface area contributed by atoms with Gasteiger partial charge in [-0.05, 0) is 38.0 Å². The van der Waals surface area contributed by atoms with Crippen LogP contribution in [0.5, 0.6) is 0 Å². The summed E-state index contributed by atoms with van der Waals surface area (Å²) in [6, 6.07) is -1.28. The van der Waals surface area contributed by atoms with Gasteiger partial charge in [-0.2, -0.15) is 0 Å². The molecular formula is C23H40N6O3. The van der Waals surface area contributed by atoms with Crippen LogP contribution in [0.1, 0.15) is 66.7 Å². The third-order valence-electron chi connectivity index (χ3n) is 6.11. The first-order chi connectivity index (χ1) is 14.9. The number of carbonyl (C=O) groups is 2. The van der Waals surface area contributed by atoms with Gasteiger partial charge in [0.2, 0.25) is 11.8 Å². The Morgan fingerprint density at radius 3 is 2.44 bits per heavy atom. The Labute approximate surface area is 191 Å². The molecule has 1 aliphatic carbocycles. The van der Waals surface area contributed by atoms with Gasteiger partial charge >= 0.3 is 0 Å². The van der Waals surface area contributed by atoms with E-state index < -0.39 is 17.5 Å². The quantitative estimate of drug-likeness (QED) is 0.158. The van der Waals surface area contributed by atoms with Crippen LogP contribution in [0.2, 0.25) is 0 Å². The molecule has 2 fully saturated rings. The molecule has 0 unspecified atom stereocenters. The molecule has 0 aromatic rings. The largest absolute Gasteiger partial charge is 0.512 e. The van der Waals surface area contributed by atoms with Crippen molar-refractivity contribution in [2.75, 3.05) is 13.1 Å². The molecule has 0 radical (unpaired) electrons. The van der Waals surface area contributed by atoms with Crippen LogP contribution in [0.15, 0.2) is 23.2 Å². The summed E-state index contributed by atoms with van der Waals surface area (Å²) in [6.45, 7) is 9.72. The van der Waals surface area contributed by atoms with Crippen molar-refractivity contribution in [3.05, 3.63) is 23.2 Å². The van der Waals surface area contributed by atoms with Gasteiger partial charge in [0.1, 0.15) is 12.1 Å². The van der Waals surface area contributed by atoms with Crippen molar-refractivity contribution in [2.45, 2.75) is 78.8 Å². The van der Waals surface area contributed by atoms with E-state index in [-0.39, 0.29) is 29.8 Å². The number of rotatable bonds is 9. The number of aliphatic hydroxyl groups excluding tert-OH is 1. The molecule has 0 bridgehead atoms. The number of hydrogen-bond donors (Lipinski definition) is 5. The number of allylic oxidation sites excluding steroid dienone is 2. The molecule has 9 heteroatoms. The van der Waals surface area contributed by atoms with Crippen molar-refractivity contribution in [3.63, 3.8) is 0 Å². The minimum atomic E-state index is -0.670. The van der Waals surface area contributed by atoms with Gasteiger partial charge in [0.05, 0.1) is 5.76 Å². The summed E-state index contributed by atoms with van der Waals surface area (Å²) in [7, 11) is 0. The summed E-state index contributed by atoms with van der Waals surface area (Å²) in [5, 5.41) is 22.1. The van der Waals surface area contributed by atoms with E-state index in [1.165, 1.54) is 5.01 Å². The summed E-state index contributed by atoms with van der Waals surface area (Å²) in [5.41, 5.74) is 6.94. The van der Waals surface area contributed by atoms with Crippen LogP contribution in [0.3, 0.4) is 0 Å². The summed E-state index contributed by atoms with van der Waals surface area (Å²) in [5.74, 6) is 6.24. The lowest BCUT2D eigenvalue weighted by molar-refractivity contribution is -0.145. The fourth-order valence-electron chi connectivity index (χ4n) is 4.13. The molecule has 1 aliphatic heterocycles. The maximum Gasteiger partial charge on any atom is 0.248 e. The highest BCUT2D eigenvalue weighted by atomic mass is 16.3. The molecule has 32 heavy (non-hydrogen) atoms. The number of carbonyl (C=O) groups excluding carboxylic acids is 2. The van der Waals surface area contributed by atoms with Gasteiger partial charge < -0.3 is 31.5 Å². The van der Waals surface area contributed by atoms with E-state index in [9.17, 15) is 14.7 Å². The Hall–Kier alpha value is -2.55. The summed E-state index contributed by atoms with van der Waals surface area (Å²) < 4.78 is 0. The van der Waals surface area contributed by atoms with E-state index >= 15 is 0 Å². The molecule has 2 rings (SSSR count). The summed E-state index contributed by atoms with van der Waals surface area (Å²) in [6.07, 6.45) is 5.40. The number of nitrogens with one attached hydrogen (secondary N) is 2. The lowest BCUT2D eigenvalue weighted by Gasteiger charge is -2.39. The molecule has 2 atom stereocenters. The Balaban J connectivity index is 2.16. The second kappa shape index (κ2) is 10.4. The van der Waals surface area contributed by atoms with Crippen LogP contribution in [0.25, 0.3) is 0 Å². The number of likely N-dealkylation sites (tertiary alicyclic amines) is 1. The minimum absolute atomic E-state index is 0.0543. The monoisotopic (exact) mass is 448 g/mol. The first kappa shape index (κ1) is 25.7. The molecule has 9 nitrogen and oxygen atoms in total. The van der Waals surface area contributed by atoms with E-state index in [4.69, 9.17) is 17.0 Å². The molecule has 1 heterocycles. The van der Waals surface area contributed by atoms with Crippen molar-refractivity contribution in [1.82, 2.24) is 15.2 Å². The summed E-state index contributed by atoms with van der Waals surface area (Å²) >= 11 is 0. The van der Waals surface area contributed by atoms with Crippen molar-refractivity contribution < 1.29 is 14.7 Å². The first-order valence-electron chi connectivity index (χ1n) is 11.4. The molecule has 1 saturated heterocycles. The van der Waals surface area contributed by atoms with Crippen molar-refractivity contribution in [1.29, 1.82) is 5.41 Å². The van der Waals surface area contributed by atoms with Gasteiger partial charge in [-0.25, -0.2) is 5.84 Å². The lowest BCUT2D eigenvalue weighted by atomic mass is 9.85. The van der Waals surface area contributed by atoms with E-state index in [1.54, 1.807) is 24.9 Å². The number of hydrogen-bond acceptors (Lipinski definition) is 7. The Kier molecular flexibility index (Phi) is 8.34. The molecule has 0 aromatic carbocycles. The first-order valence-corrected chi connectivity index (χ1v) is 11.4. The molecule has 2 amide bonds. The number of amides is 2. The normalized spacial score (nSPS) is 21.1. The molecule has 180 valence electrons. The number of nitrogens with zero attached hydrogens (tertiary/aromatic N) is 2. The highest BCUT2D eigenvalue weighted by Gasteiger charge is 2.43. The maximum atomic E-state index is 13.6. The van der Waals surface area contributed by atoms with Crippen LogP contribution < -0.4 is 16.9 Å². The molecule has 2 aliphatic rings. The van der Waals surface area contributed by atoms with E-state index in [1.807, 2.05) is 20.8 Å². The molecule has 0 aromatic heterocycles. The molecule has 7 N–H and O–H groups in total. The van der Waals surface area contributed by atoms with Gasteiger partial charge in [-0.1, -0.05) is 27.7 Å².